The number of nitrogens with zero attached hydrogens (tertiary/aromatic N) is 4. The minimum Gasteiger partial charge on any atom is -0.350 e. The summed E-state index contributed by atoms with van der Waals surface area (Å²) in [5, 5.41) is 8.92. The number of hydrogen-bond donors (Lipinski definition) is 1. The van der Waals surface area contributed by atoms with Gasteiger partial charge >= 0.3 is 0 Å². The van der Waals surface area contributed by atoms with Gasteiger partial charge in [-0.3, -0.25) is 0 Å². The lowest BCUT2D eigenvalue weighted by Gasteiger charge is -2.09. The molecule has 3 aromatic carbocycles. The van der Waals surface area contributed by atoms with Gasteiger partial charge in [0.1, 0.15) is 5.82 Å². The number of aromatic nitrogens is 4. The van der Waals surface area contributed by atoms with Crippen LogP contribution in [0, 0.1) is 5.82 Å². The quantitative estimate of drug-likeness (QED) is 0.499. The predicted molar refractivity (Wildman–Crippen MR) is 107 cm³/mol. The van der Waals surface area contributed by atoms with Crippen molar-refractivity contribution in [3.05, 3.63) is 90.2 Å². The molecular weight excluding hydrogens is 353 g/mol. The standard InChI is InChI=1S/C22H16FN5/c23-17-12-10-15(11-13-17)14-24-22-25-19-9-5-4-8-18(19)21-26-20(27-28(21)22)16-6-2-1-3-7-16/h1-13H,14H2,(H,24,25). The van der Waals surface area contributed by atoms with E-state index in [4.69, 9.17) is 9.97 Å². The third-order valence-electron chi connectivity index (χ3n) is 4.57. The highest BCUT2D eigenvalue weighted by atomic mass is 19.1. The van der Waals surface area contributed by atoms with E-state index in [1.54, 1.807) is 16.6 Å². The Labute approximate surface area is 160 Å². The number of anilines is 1. The molecule has 0 bridgehead atoms. The van der Waals surface area contributed by atoms with E-state index < -0.39 is 0 Å². The van der Waals surface area contributed by atoms with Crippen LogP contribution in [0.3, 0.4) is 0 Å². The fourth-order valence-corrected chi connectivity index (χ4v) is 3.16. The summed E-state index contributed by atoms with van der Waals surface area (Å²) in [6, 6.07) is 24.1. The lowest BCUT2D eigenvalue weighted by molar-refractivity contribution is 0.627. The van der Waals surface area contributed by atoms with Gasteiger partial charge in [-0.05, 0) is 29.8 Å². The lowest BCUT2D eigenvalue weighted by Crippen LogP contribution is -2.08. The Morgan fingerprint density at radius 3 is 2.39 bits per heavy atom. The molecule has 1 N–H and O–H groups in total. The molecule has 5 rings (SSSR count). The summed E-state index contributed by atoms with van der Waals surface area (Å²) < 4.78 is 14.9. The van der Waals surface area contributed by atoms with Crippen LogP contribution in [0.5, 0.6) is 0 Å². The monoisotopic (exact) mass is 369 g/mol. The van der Waals surface area contributed by atoms with Crippen LogP contribution in [0.4, 0.5) is 10.3 Å². The Balaban J connectivity index is 1.62. The number of hydrogen-bond acceptors (Lipinski definition) is 4. The molecule has 0 spiro atoms. The summed E-state index contributed by atoms with van der Waals surface area (Å²) in [6.45, 7) is 0.501. The topological polar surface area (TPSA) is 55.1 Å². The van der Waals surface area contributed by atoms with E-state index >= 15 is 0 Å². The molecule has 6 heteroatoms. The molecule has 0 saturated carbocycles. The second-order valence-corrected chi connectivity index (χ2v) is 6.47. The van der Waals surface area contributed by atoms with Crippen LogP contribution in [0.15, 0.2) is 78.9 Å². The number of rotatable bonds is 4. The number of para-hydroxylation sites is 1. The van der Waals surface area contributed by atoms with Crippen molar-refractivity contribution in [2.45, 2.75) is 6.54 Å². The summed E-state index contributed by atoms with van der Waals surface area (Å²) in [7, 11) is 0. The van der Waals surface area contributed by atoms with Crippen LogP contribution in [-0.4, -0.2) is 19.6 Å². The Bertz CT molecular complexity index is 1260. The summed E-state index contributed by atoms with van der Waals surface area (Å²) in [6.07, 6.45) is 0. The third kappa shape index (κ3) is 2.95. The molecule has 5 aromatic rings. The molecule has 28 heavy (non-hydrogen) atoms. The first-order chi connectivity index (χ1) is 13.8. The summed E-state index contributed by atoms with van der Waals surface area (Å²) in [5.41, 5.74) is 3.47. The number of halogens is 1. The average molecular weight is 369 g/mol. The van der Waals surface area contributed by atoms with Gasteiger partial charge in [-0.1, -0.05) is 54.6 Å². The van der Waals surface area contributed by atoms with Crippen LogP contribution >= 0.6 is 0 Å². The van der Waals surface area contributed by atoms with Crippen molar-refractivity contribution >= 4 is 22.5 Å². The van der Waals surface area contributed by atoms with Gasteiger partial charge in [0.15, 0.2) is 11.5 Å². The maximum absolute atomic E-state index is 13.1. The zero-order valence-electron chi connectivity index (χ0n) is 14.9. The van der Waals surface area contributed by atoms with E-state index in [2.05, 4.69) is 10.4 Å². The molecule has 0 fully saturated rings. The zero-order valence-corrected chi connectivity index (χ0v) is 14.9. The van der Waals surface area contributed by atoms with E-state index in [0.717, 1.165) is 27.7 Å². The molecule has 0 radical (unpaired) electrons. The SMILES string of the molecule is Fc1ccc(CNc2nc3ccccc3c3nc(-c4ccccc4)nn23)cc1. The first-order valence-corrected chi connectivity index (χ1v) is 8.97. The van der Waals surface area contributed by atoms with Gasteiger partial charge in [0, 0.05) is 17.5 Å². The van der Waals surface area contributed by atoms with Gasteiger partial charge in [0.05, 0.1) is 5.52 Å². The smallest absolute Gasteiger partial charge is 0.226 e. The molecule has 0 amide bonds. The predicted octanol–water partition coefficient (Wildman–Crippen LogP) is 4.70. The van der Waals surface area contributed by atoms with E-state index in [9.17, 15) is 4.39 Å². The first kappa shape index (κ1) is 16.4. The highest BCUT2D eigenvalue weighted by Crippen LogP contribution is 2.24. The Hall–Kier alpha value is -3.80. The molecule has 0 atom stereocenters. The van der Waals surface area contributed by atoms with Gasteiger partial charge < -0.3 is 5.32 Å². The highest BCUT2D eigenvalue weighted by Gasteiger charge is 2.14. The molecular formula is C22H16FN5. The molecule has 136 valence electrons. The van der Waals surface area contributed by atoms with Crippen LogP contribution in [-0.2, 0) is 6.54 Å². The Kier molecular flexibility index (Phi) is 3.94. The second-order valence-electron chi connectivity index (χ2n) is 6.47. The third-order valence-corrected chi connectivity index (χ3v) is 4.57. The van der Waals surface area contributed by atoms with Crippen molar-refractivity contribution in [1.29, 1.82) is 0 Å². The van der Waals surface area contributed by atoms with Crippen molar-refractivity contribution in [3.8, 4) is 11.4 Å². The highest BCUT2D eigenvalue weighted by molar-refractivity contribution is 5.92. The Morgan fingerprint density at radius 2 is 1.57 bits per heavy atom. The van der Waals surface area contributed by atoms with Crippen LogP contribution in [0.25, 0.3) is 27.9 Å². The number of nitrogens with one attached hydrogen (secondary N) is 1. The number of fused-ring (bicyclic) bond motifs is 3. The Morgan fingerprint density at radius 1 is 0.821 bits per heavy atom. The lowest BCUT2D eigenvalue weighted by atomic mass is 10.2. The molecule has 2 heterocycles. The maximum Gasteiger partial charge on any atom is 0.226 e. The summed E-state index contributed by atoms with van der Waals surface area (Å²) in [4.78, 5) is 9.48. The fourth-order valence-electron chi connectivity index (χ4n) is 3.16. The van der Waals surface area contributed by atoms with Gasteiger partial charge in [0.25, 0.3) is 0 Å². The van der Waals surface area contributed by atoms with Gasteiger partial charge in [-0.15, -0.1) is 5.10 Å². The van der Waals surface area contributed by atoms with Crippen LogP contribution < -0.4 is 5.32 Å². The van der Waals surface area contributed by atoms with Crippen molar-refractivity contribution in [1.82, 2.24) is 19.6 Å². The molecule has 0 aliphatic carbocycles. The molecule has 0 unspecified atom stereocenters. The normalized spacial score (nSPS) is 11.2. The van der Waals surface area contributed by atoms with Crippen molar-refractivity contribution in [2.24, 2.45) is 0 Å². The molecule has 2 aromatic heterocycles. The molecule has 0 aliphatic heterocycles. The molecule has 0 saturated heterocycles. The zero-order chi connectivity index (χ0) is 18.9. The van der Waals surface area contributed by atoms with Crippen LogP contribution in [0.1, 0.15) is 5.56 Å². The minimum atomic E-state index is -0.251. The van der Waals surface area contributed by atoms with E-state index in [0.29, 0.717) is 18.3 Å². The molecule has 5 nitrogen and oxygen atoms in total. The fraction of sp³-hybridized carbons (Fsp3) is 0.0455. The summed E-state index contributed by atoms with van der Waals surface area (Å²) >= 11 is 0. The minimum absolute atomic E-state index is 0.251. The van der Waals surface area contributed by atoms with E-state index in [1.807, 2.05) is 54.6 Å². The largest absolute Gasteiger partial charge is 0.350 e. The van der Waals surface area contributed by atoms with Gasteiger partial charge in [0.2, 0.25) is 5.95 Å². The van der Waals surface area contributed by atoms with Gasteiger partial charge in [-0.2, -0.15) is 4.52 Å². The first-order valence-electron chi connectivity index (χ1n) is 8.97. The average Bonchev–Trinajstić information content (AvgIpc) is 3.20. The van der Waals surface area contributed by atoms with E-state index in [1.165, 1.54) is 12.1 Å². The maximum atomic E-state index is 13.1. The molecule has 0 aliphatic rings. The van der Waals surface area contributed by atoms with Crippen molar-refractivity contribution in [3.63, 3.8) is 0 Å². The van der Waals surface area contributed by atoms with E-state index in [-0.39, 0.29) is 5.82 Å². The van der Waals surface area contributed by atoms with Crippen molar-refractivity contribution < 1.29 is 4.39 Å². The van der Waals surface area contributed by atoms with Gasteiger partial charge in [-0.25, -0.2) is 14.4 Å². The van der Waals surface area contributed by atoms with Crippen LogP contribution in [0.2, 0.25) is 0 Å². The second kappa shape index (κ2) is 6.74. The van der Waals surface area contributed by atoms with Crippen molar-refractivity contribution in [2.75, 3.05) is 5.32 Å². The number of benzene rings is 3. The summed E-state index contributed by atoms with van der Waals surface area (Å²) in [5.74, 6) is 0.982.